The Bertz CT molecular complexity index is 836. The first kappa shape index (κ1) is 17.5. The van der Waals surface area contributed by atoms with E-state index in [0.717, 1.165) is 11.8 Å². The fourth-order valence-electron chi connectivity index (χ4n) is 2.18. The van der Waals surface area contributed by atoms with Crippen LogP contribution in [0.25, 0.3) is 6.08 Å². The smallest absolute Gasteiger partial charge is 0.387 e. The molecule has 0 unspecified atom stereocenters. The van der Waals surface area contributed by atoms with Crippen molar-refractivity contribution in [2.24, 2.45) is 0 Å². The maximum atomic E-state index is 13.0. The molecule has 2 aromatic carbocycles. The van der Waals surface area contributed by atoms with E-state index in [-0.39, 0.29) is 11.7 Å². The Kier molecular flexibility index (Phi) is 5.10. The quantitative estimate of drug-likeness (QED) is 0.560. The summed E-state index contributed by atoms with van der Waals surface area (Å²) in [5.74, 6) is -0.698. The van der Waals surface area contributed by atoms with Gasteiger partial charge in [0.2, 0.25) is 0 Å². The lowest BCUT2D eigenvalue weighted by Gasteiger charge is -2.14. The number of hydrogen-bond donors (Lipinski definition) is 0. The Morgan fingerprint density at radius 1 is 1.08 bits per heavy atom. The van der Waals surface area contributed by atoms with E-state index in [4.69, 9.17) is 12.2 Å². The van der Waals surface area contributed by atoms with Crippen LogP contribution in [0.4, 0.5) is 18.9 Å². The van der Waals surface area contributed by atoms with Crippen molar-refractivity contribution in [2.75, 3.05) is 4.90 Å². The summed E-state index contributed by atoms with van der Waals surface area (Å²) < 4.78 is 41.9. The Morgan fingerprint density at radius 2 is 1.72 bits per heavy atom. The molecule has 1 saturated heterocycles. The van der Waals surface area contributed by atoms with Crippen molar-refractivity contribution in [1.82, 2.24) is 0 Å². The second kappa shape index (κ2) is 7.28. The van der Waals surface area contributed by atoms with Gasteiger partial charge in [-0.2, -0.15) is 8.78 Å². The van der Waals surface area contributed by atoms with Crippen LogP contribution >= 0.6 is 24.0 Å². The molecular weight excluding hydrogens is 371 g/mol. The van der Waals surface area contributed by atoms with Crippen LogP contribution in [0.3, 0.4) is 0 Å². The molecule has 1 aliphatic heterocycles. The number of carbonyl (C=O) groups is 1. The number of thiocarbonyl (C=S) groups is 1. The van der Waals surface area contributed by atoms with Gasteiger partial charge in [0, 0.05) is 0 Å². The zero-order valence-electron chi connectivity index (χ0n) is 12.5. The van der Waals surface area contributed by atoms with Crippen LogP contribution in [0.5, 0.6) is 5.75 Å². The highest BCUT2D eigenvalue weighted by atomic mass is 32.2. The molecule has 0 N–H and O–H groups in total. The molecule has 128 valence electrons. The van der Waals surface area contributed by atoms with E-state index in [1.165, 1.54) is 41.3 Å². The monoisotopic (exact) mass is 381 g/mol. The number of amides is 1. The number of ether oxygens (including phenoxy) is 1. The second-order valence-corrected chi connectivity index (χ2v) is 6.62. The van der Waals surface area contributed by atoms with Crippen LogP contribution in [-0.2, 0) is 4.79 Å². The van der Waals surface area contributed by atoms with E-state index in [9.17, 15) is 18.0 Å². The maximum absolute atomic E-state index is 13.0. The summed E-state index contributed by atoms with van der Waals surface area (Å²) in [7, 11) is 0. The fourth-order valence-corrected chi connectivity index (χ4v) is 3.48. The number of alkyl halides is 2. The predicted molar refractivity (Wildman–Crippen MR) is 95.1 cm³/mol. The largest absolute Gasteiger partial charge is 0.435 e. The van der Waals surface area contributed by atoms with Crippen molar-refractivity contribution >= 4 is 46.0 Å². The minimum absolute atomic E-state index is 0.0333. The molecule has 0 aromatic heterocycles. The van der Waals surface area contributed by atoms with Crippen LogP contribution in [0.15, 0.2) is 53.4 Å². The SMILES string of the molecule is O=C1/C(=C/c2ccc(OC(F)F)cc2)SC(=S)N1c1ccc(F)cc1. The molecule has 8 heteroatoms. The number of benzene rings is 2. The van der Waals surface area contributed by atoms with Crippen molar-refractivity contribution in [3.8, 4) is 5.75 Å². The summed E-state index contributed by atoms with van der Waals surface area (Å²) in [6.45, 7) is -2.89. The van der Waals surface area contributed by atoms with Crippen LogP contribution in [0.2, 0.25) is 0 Å². The summed E-state index contributed by atoms with van der Waals surface area (Å²) in [6, 6.07) is 11.3. The van der Waals surface area contributed by atoms with Gasteiger partial charge in [0.05, 0.1) is 10.6 Å². The Hall–Kier alpha value is -2.32. The molecule has 0 bridgehead atoms. The highest BCUT2D eigenvalue weighted by molar-refractivity contribution is 8.27. The van der Waals surface area contributed by atoms with Gasteiger partial charge in [-0.15, -0.1) is 0 Å². The third kappa shape index (κ3) is 4.02. The number of carbonyl (C=O) groups excluding carboxylic acids is 1. The van der Waals surface area contributed by atoms with Gasteiger partial charge < -0.3 is 4.74 Å². The molecule has 3 rings (SSSR count). The molecule has 1 amide bonds. The average molecular weight is 381 g/mol. The maximum Gasteiger partial charge on any atom is 0.387 e. The lowest BCUT2D eigenvalue weighted by atomic mass is 10.2. The number of anilines is 1. The predicted octanol–water partition coefficient (Wildman–Crippen LogP) is 4.83. The molecule has 0 radical (unpaired) electrons. The van der Waals surface area contributed by atoms with Gasteiger partial charge in [-0.3, -0.25) is 9.69 Å². The summed E-state index contributed by atoms with van der Waals surface area (Å²) in [6.07, 6.45) is 1.61. The molecule has 1 fully saturated rings. The molecule has 0 aliphatic carbocycles. The third-order valence-electron chi connectivity index (χ3n) is 3.28. The molecule has 25 heavy (non-hydrogen) atoms. The first-order chi connectivity index (χ1) is 11.9. The number of hydrogen-bond acceptors (Lipinski definition) is 4. The molecule has 0 saturated carbocycles. The molecule has 0 atom stereocenters. The second-order valence-electron chi connectivity index (χ2n) is 4.94. The first-order valence-electron chi connectivity index (χ1n) is 7.02. The molecule has 3 nitrogen and oxygen atoms in total. The molecule has 1 heterocycles. The van der Waals surface area contributed by atoms with Crippen LogP contribution in [0, 0.1) is 5.82 Å². The van der Waals surface area contributed by atoms with Crippen molar-refractivity contribution in [3.05, 3.63) is 64.8 Å². The van der Waals surface area contributed by atoms with E-state index < -0.39 is 12.4 Å². The van der Waals surface area contributed by atoms with Crippen LogP contribution < -0.4 is 9.64 Å². The van der Waals surface area contributed by atoms with Crippen LogP contribution in [-0.4, -0.2) is 16.8 Å². The Balaban J connectivity index is 1.81. The Morgan fingerprint density at radius 3 is 2.32 bits per heavy atom. The van der Waals surface area contributed by atoms with E-state index in [2.05, 4.69) is 4.74 Å². The van der Waals surface area contributed by atoms with E-state index >= 15 is 0 Å². The summed E-state index contributed by atoms with van der Waals surface area (Å²) in [5.41, 5.74) is 1.12. The molecule has 2 aromatic rings. The number of halogens is 3. The molecule has 1 aliphatic rings. The number of nitrogens with zero attached hydrogens (tertiary/aromatic N) is 1. The zero-order chi connectivity index (χ0) is 18.0. The highest BCUT2D eigenvalue weighted by Crippen LogP contribution is 2.36. The minimum Gasteiger partial charge on any atom is -0.435 e. The van der Waals surface area contributed by atoms with Gasteiger partial charge in [-0.05, 0) is 48.0 Å². The standard InChI is InChI=1S/C17H10F3NO2S2/c18-11-3-5-12(6-4-11)21-15(22)14(25-17(21)24)9-10-1-7-13(8-2-10)23-16(19)20/h1-9,16H/b14-9-. The van der Waals surface area contributed by atoms with Gasteiger partial charge in [0.25, 0.3) is 5.91 Å². The zero-order valence-corrected chi connectivity index (χ0v) is 14.1. The summed E-state index contributed by atoms with van der Waals surface area (Å²) in [4.78, 5) is 14.3. The summed E-state index contributed by atoms with van der Waals surface area (Å²) >= 11 is 6.34. The van der Waals surface area contributed by atoms with Gasteiger partial charge >= 0.3 is 6.61 Å². The lowest BCUT2D eigenvalue weighted by molar-refractivity contribution is -0.113. The normalized spacial score (nSPS) is 16.2. The van der Waals surface area contributed by atoms with Gasteiger partial charge in [0.15, 0.2) is 4.32 Å². The van der Waals surface area contributed by atoms with E-state index in [0.29, 0.717) is 20.5 Å². The third-order valence-corrected chi connectivity index (χ3v) is 4.58. The van der Waals surface area contributed by atoms with Gasteiger partial charge in [-0.25, -0.2) is 4.39 Å². The fraction of sp³-hybridized carbons (Fsp3) is 0.0588. The van der Waals surface area contributed by atoms with E-state index in [1.807, 2.05) is 0 Å². The van der Waals surface area contributed by atoms with Crippen molar-refractivity contribution in [2.45, 2.75) is 6.61 Å². The number of thioether (sulfide) groups is 1. The van der Waals surface area contributed by atoms with Gasteiger partial charge in [0.1, 0.15) is 11.6 Å². The topological polar surface area (TPSA) is 29.5 Å². The lowest BCUT2D eigenvalue weighted by Crippen LogP contribution is -2.27. The molecule has 0 spiro atoms. The van der Waals surface area contributed by atoms with Crippen LogP contribution in [0.1, 0.15) is 5.56 Å². The summed E-state index contributed by atoms with van der Waals surface area (Å²) in [5, 5.41) is 0. The Labute approximate surface area is 151 Å². The average Bonchev–Trinajstić information content (AvgIpc) is 2.84. The van der Waals surface area contributed by atoms with Crippen molar-refractivity contribution in [1.29, 1.82) is 0 Å². The van der Waals surface area contributed by atoms with Gasteiger partial charge in [-0.1, -0.05) is 36.1 Å². The molecular formula is C17H10F3NO2S2. The number of rotatable bonds is 4. The highest BCUT2D eigenvalue weighted by Gasteiger charge is 2.33. The first-order valence-corrected chi connectivity index (χ1v) is 8.25. The minimum atomic E-state index is -2.89. The van der Waals surface area contributed by atoms with E-state index in [1.54, 1.807) is 18.2 Å². The van der Waals surface area contributed by atoms with Crippen molar-refractivity contribution < 1.29 is 22.7 Å². The van der Waals surface area contributed by atoms with Crippen molar-refractivity contribution in [3.63, 3.8) is 0 Å².